The molecule has 10 heteroatoms. The van der Waals surface area contributed by atoms with Gasteiger partial charge in [0.25, 0.3) is 0 Å². The van der Waals surface area contributed by atoms with Crippen molar-refractivity contribution >= 4 is 33.8 Å². The molecule has 0 saturated carbocycles. The molecular weight excluding hydrogens is 262 g/mol. The number of nitrogen functional groups attached to an aromatic ring is 1. The van der Waals surface area contributed by atoms with Crippen LogP contribution in [0.5, 0.6) is 5.75 Å². The van der Waals surface area contributed by atoms with Gasteiger partial charge in [-0.15, -0.1) is 12.4 Å². The number of primary sulfonamides is 1. The Labute approximate surface area is 96.5 Å². The van der Waals surface area contributed by atoms with Crippen molar-refractivity contribution in [3.8, 4) is 5.75 Å². The minimum atomic E-state index is -4.09. The van der Waals surface area contributed by atoms with Gasteiger partial charge in [-0.3, -0.25) is 10.1 Å². The molecule has 0 amide bonds. The van der Waals surface area contributed by atoms with Crippen molar-refractivity contribution in [3.63, 3.8) is 0 Å². The Morgan fingerprint density at radius 1 is 1.38 bits per heavy atom. The molecule has 0 bridgehead atoms. The molecule has 1 aromatic carbocycles. The molecule has 0 atom stereocenters. The number of nitrogens with zero attached hydrogens (tertiary/aromatic N) is 1. The molecule has 0 aliphatic rings. The van der Waals surface area contributed by atoms with Crippen LogP contribution in [-0.4, -0.2) is 18.4 Å². The van der Waals surface area contributed by atoms with Gasteiger partial charge >= 0.3 is 5.69 Å². The molecule has 0 aliphatic heterocycles. The fraction of sp³-hybridized carbons (Fsp3) is 0. The minimum Gasteiger partial charge on any atom is -0.501 e. The second-order valence-electron chi connectivity index (χ2n) is 2.68. The van der Waals surface area contributed by atoms with E-state index in [0.717, 1.165) is 6.07 Å². The largest absolute Gasteiger partial charge is 0.501 e. The molecule has 0 aliphatic carbocycles. The maximum absolute atomic E-state index is 10.9. The number of nitrogens with two attached hydrogens (primary N) is 2. The van der Waals surface area contributed by atoms with Crippen LogP contribution in [0.15, 0.2) is 17.0 Å². The monoisotopic (exact) mass is 269 g/mol. The third-order valence-electron chi connectivity index (χ3n) is 1.62. The van der Waals surface area contributed by atoms with Crippen molar-refractivity contribution in [1.29, 1.82) is 0 Å². The number of hydrogen-bond donors (Lipinski definition) is 3. The van der Waals surface area contributed by atoms with Crippen molar-refractivity contribution in [3.05, 3.63) is 22.2 Å². The Kier molecular flexibility index (Phi) is 4.07. The molecule has 0 radical (unpaired) electrons. The van der Waals surface area contributed by atoms with Crippen LogP contribution in [0.2, 0.25) is 0 Å². The number of halogens is 1. The smallest absolute Gasteiger partial charge is 0.314 e. The van der Waals surface area contributed by atoms with E-state index in [-0.39, 0.29) is 12.4 Å². The van der Waals surface area contributed by atoms with Crippen LogP contribution in [0.25, 0.3) is 0 Å². The molecule has 0 spiro atoms. The predicted octanol–water partition coefficient (Wildman–Crippen LogP) is -0.0482. The summed E-state index contributed by atoms with van der Waals surface area (Å²) < 4.78 is 21.8. The topological polar surface area (TPSA) is 150 Å². The number of aromatic hydroxyl groups is 1. The average molecular weight is 270 g/mol. The molecule has 0 aromatic heterocycles. The fourth-order valence-electron chi connectivity index (χ4n) is 0.918. The quantitative estimate of drug-likeness (QED) is 0.296. The number of phenols is 1. The van der Waals surface area contributed by atoms with E-state index in [9.17, 15) is 18.5 Å². The maximum Gasteiger partial charge on any atom is 0.314 e. The molecule has 1 rings (SSSR count). The van der Waals surface area contributed by atoms with E-state index in [4.69, 9.17) is 16.0 Å². The lowest BCUT2D eigenvalue weighted by Crippen LogP contribution is -2.13. The molecular formula is C6H8ClN3O5S. The number of phenolic OH excluding ortho intramolecular Hbond substituents is 1. The van der Waals surface area contributed by atoms with E-state index < -0.39 is 37.0 Å². The lowest BCUT2D eigenvalue weighted by molar-refractivity contribution is -0.386. The molecule has 0 unspecified atom stereocenters. The zero-order chi connectivity index (χ0) is 11.8. The standard InChI is InChI=1S/C6H7N3O5S.ClH/c7-4-1-3(15(8,13)14)2-5(6(4)10)9(11)12;/h1-2,10H,7H2,(H2,8,13,14);1H. The summed E-state index contributed by atoms with van der Waals surface area (Å²) >= 11 is 0. The first kappa shape index (κ1) is 14.4. The van der Waals surface area contributed by atoms with Gasteiger partial charge in [0.05, 0.1) is 15.5 Å². The SMILES string of the molecule is Cl.Nc1cc(S(N)(=O)=O)cc([N+](=O)[O-])c1O. The number of sulfonamides is 1. The van der Waals surface area contributed by atoms with Crippen LogP contribution >= 0.6 is 12.4 Å². The van der Waals surface area contributed by atoms with E-state index in [0.29, 0.717) is 6.07 Å². The van der Waals surface area contributed by atoms with Crippen LogP contribution in [0.4, 0.5) is 11.4 Å². The van der Waals surface area contributed by atoms with Crippen molar-refractivity contribution < 1.29 is 18.4 Å². The van der Waals surface area contributed by atoms with Crippen molar-refractivity contribution in [2.45, 2.75) is 4.90 Å². The zero-order valence-corrected chi connectivity index (χ0v) is 9.29. The van der Waals surface area contributed by atoms with Gasteiger partial charge in [0, 0.05) is 6.07 Å². The van der Waals surface area contributed by atoms with E-state index in [1.165, 1.54) is 0 Å². The summed E-state index contributed by atoms with van der Waals surface area (Å²) in [4.78, 5) is 8.93. The third kappa shape index (κ3) is 2.72. The van der Waals surface area contributed by atoms with Crippen LogP contribution in [0, 0.1) is 10.1 Å². The Bertz CT molecular complexity index is 529. The summed E-state index contributed by atoms with van der Waals surface area (Å²) in [7, 11) is -4.09. The van der Waals surface area contributed by atoms with Crippen molar-refractivity contribution in [1.82, 2.24) is 0 Å². The third-order valence-corrected chi connectivity index (χ3v) is 2.51. The van der Waals surface area contributed by atoms with Crippen LogP contribution in [-0.2, 0) is 10.0 Å². The Morgan fingerprint density at radius 3 is 2.25 bits per heavy atom. The van der Waals surface area contributed by atoms with Gasteiger partial charge in [-0.05, 0) is 6.07 Å². The summed E-state index contributed by atoms with van der Waals surface area (Å²) in [5.74, 6) is -0.785. The summed E-state index contributed by atoms with van der Waals surface area (Å²) in [6.07, 6.45) is 0. The van der Waals surface area contributed by atoms with Crippen LogP contribution < -0.4 is 10.9 Å². The highest BCUT2D eigenvalue weighted by atomic mass is 35.5. The van der Waals surface area contributed by atoms with E-state index in [2.05, 4.69) is 0 Å². The summed E-state index contributed by atoms with van der Waals surface area (Å²) in [6.45, 7) is 0. The molecule has 1 aromatic rings. The van der Waals surface area contributed by atoms with Crippen molar-refractivity contribution in [2.24, 2.45) is 5.14 Å². The summed E-state index contributed by atoms with van der Waals surface area (Å²) in [6, 6.07) is 1.48. The summed E-state index contributed by atoms with van der Waals surface area (Å²) in [5.41, 5.74) is 3.95. The molecule has 8 nitrogen and oxygen atoms in total. The lowest BCUT2D eigenvalue weighted by Gasteiger charge is -2.03. The van der Waals surface area contributed by atoms with Gasteiger partial charge in [-0.25, -0.2) is 13.6 Å². The molecule has 0 heterocycles. The number of anilines is 1. The van der Waals surface area contributed by atoms with Gasteiger partial charge in [-0.1, -0.05) is 0 Å². The Balaban J connectivity index is 0.00000225. The molecule has 0 fully saturated rings. The van der Waals surface area contributed by atoms with Gasteiger partial charge in [-0.2, -0.15) is 0 Å². The maximum atomic E-state index is 10.9. The van der Waals surface area contributed by atoms with Gasteiger partial charge in [0.2, 0.25) is 15.8 Å². The number of nitro groups is 1. The van der Waals surface area contributed by atoms with Gasteiger partial charge in [0.1, 0.15) is 0 Å². The number of benzene rings is 1. The number of nitro benzene ring substituents is 1. The normalized spacial score (nSPS) is 10.6. The second kappa shape index (κ2) is 4.51. The van der Waals surface area contributed by atoms with Crippen LogP contribution in [0.1, 0.15) is 0 Å². The first-order valence-corrected chi connectivity index (χ1v) is 5.08. The molecule has 16 heavy (non-hydrogen) atoms. The molecule has 90 valence electrons. The van der Waals surface area contributed by atoms with E-state index in [1.54, 1.807) is 0 Å². The van der Waals surface area contributed by atoms with Gasteiger partial charge < -0.3 is 10.8 Å². The highest BCUT2D eigenvalue weighted by molar-refractivity contribution is 7.89. The molecule has 0 saturated heterocycles. The Hall–Kier alpha value is -1.58. The average Bonchev–Trinajstić information content (AvgIpc) is 2.06. The molecule has 5 N–H and O–H groups in total. The Morgan fingerprint density at radius 2 is 1.88 bits per heavy atom. The first-order chi connectivity index (χ1) is 6.73. The lowest BCUT2D eigenvalue weighted by atomic mass is 10.2. The predicted molar refractivity (Wildman–Crippen MR) is 57.8 cm³/mol. The number of hydrogen-bond acceptors (Lipinski definition) is 6. The fourth-order valence-corrected chi connectivity index (χ4v) is 1.48. The number of rotatable bonds is 2. The zero-order valence-electron chi connectivity index (χ0n) is 7.65. The first-order valence-electron chi connectivity index (χ1n) is 3.53. The minimum absolute atomic E-state index is 0. The second-order valence-corrected chi connectivity index (χ2v) is 4.24. The van der Waals surface area contributed by atoms with E-state index in [1.807, 2.05) is 0 Å². The van der Waals surface area contributed by atoms with Gasteiger partial charge in [0.15, 0.2) is 0 Å². The highest BCUT2D eigenvalue weighted by Gasteiger charge is 2.21. The summed E-state index contributed by atoms with van der Waals surface area (Å²) in [5, 5.41) is 24.3. The van der Waals surface area contributed by atoms with E-state index >= 15 is 0 Å². The van der Waals surface area contributed by atoms with Crippen molar-refractivity contribution in [2.75, 3.05) is 5.73 Å². The van der Waals surface area contributed by atoms with Crippen LogP contribution in [0.3, 0.4) is 0 Å². The highest BCUT2D eigenvalue weighted by Crippen LogP contribution is 2.34.